The fraction of sp³-hybridized carbons (Fsp3) is 0. The van der Waals surface area contributed by atoms with E-state index in [1.165, 1.54) is 0 Å². The molecule has 0 aromatic heterocycles. The highest BCUT2D eigenvalue weighted by atomic mass is 127. The summed E-state index contributed by atoms with van der Waals surface area (Å²) >= 11 is 8.01. The molecule has 0 saturated carbocycles. The van der Waals surface area contributed by atoms with Crippen LogP contribution in [0.3, 0.4) is 0 Å². The van der Waals surface area contributed by atoms with Gasteiger partial charge in [-0.1, -0.05) is 23.7 Å². The van der Waals surface area contributed by atoms with Gasteiger partial charge in [0, 0.05) is 5.02 Å². The van der Waals surface area contributed by atoms with Gasteiger partial charge in [-0.2, -0.15) is 5.26 Å². The fourth-order valence-corrected chi connectivity index (χ4v) is 1.99. The van der Waals surface area contributed by atoms with Gasteiger partial charge in [-0.05, 0) is 52.9 Å². The first kappa shape index (κ1) is 12.2. The summed E-state index contributed by atoms with van der Waals surface area (Å²) in [5, 5.41) is 9.52. The predicted molar refractivity (Wildman–Crippen MR) is 75.4 cm³/mol. The SMILES string of the molecule is N#Cc1cc(Cl)ccc1Oc1ccccc1I. The van der Waals surface area contributed by atoms with E-state index in [0.717, 1.165) is 9.32 Å². The molecule has 0 aliphatic rings. The van der Waals surface area contributed by atoms with Crippen LogP contribution in [-0.4, -0.2) is 0 Å². The van der Waals surface area contributed by atoms with Crippen LogP contribution in [0.1, 0.15) is 5.56 Å². The van der Waals surface area contributed by atoms with E-state index >= 15 is 0 Å². The highest BCUT2D eigenvalue weighted by Gasteiger charge is 2.07. The first-order valence-electron chi connectivity index (χ1n) is 4.83. The number of rotatable bonds is 2. The zero-order valence-corrected chi connectivity index (χ0v) is 11.6. The maximum absolute atomic E-state index is 9.00. The van der Waals surface area contributed by atoms with E-state index in [1.807, 2.05) is 24.3 Å². The molecular weight excluding hydrogens is 349 g/mol. The lowest BCUT2D eigenvalue weighted by atomic mass is 10.2. The molecule has 0 atom stereocenters. The molecular formula is C13H7ClINO. The molecule has 0 aliphatic carbocycles. The van der Waals surface area contributed by atoms with Crippen molar-refractivity contribution >= 4 is 34.2 Å². The minimum atomic E-state index is 0.428. The molecule has 2 aromatic rings. The van der Waals surface area contributed by atoms with Crippen LogP contribution in [0, 0.1) is 14.9 Å². The molecule has 84 valence electrons. The van der Waals surface area contributed by atoms with Crippen LogP contribution in [0.5, 0.6) is 11.5 Å². The van der Waals surface area contributed by atoms with Gasteiger partial charge in [-0.25, -0.2) is 0 Å². The Kier molecular flexibility index (Phi) is 3.87. The normalized spacial score (nSPS) is 9.71. The van der Waals surface area contributed by atoms with Crippen LogP contribution in [-0.2, 0) is 0 Å². The second-order valence-corrected chi connectivity index (χ2v) is 4.88. The van der Waals surface area contributed by atoms with Gasteiger partial charge >= 0.3 is 0 Å². The van der Waals surface area contributed by atoms with Crippen molar-refractivity contribution in [3.05, 3.63) is 56.6 Å². The summed E-state index contributed by atoms with van der Waals surface area (Å²) in [6, 6.07) is 14.7. The van der Waals surface area contributed by atoms with E-state index in [-0.39, 0.29) is 0 Å². The van der Waals surface area contributed by atoms with Crippen LogP contribution in [0.25, 0.3) is 0 Å². The molecule has 4 heteroatoms. The molecule has 0 aliphatic heterocycles. The van der Waals surface area contributed by atoms with Crippen molar-refractivity contribution in [2.24, 2.45) is 0 Å². The van der Waals surface area contributed by atoms with Crippen LogP contribution >= 0.6 is 34.2 Å². The Labute approximate surface area is 118 Å². The van der Waals surface area contributed by atoms with Crippen LogP contribution in [0.4, 0.5) is 0 Å². The standard InChI is InChI=1S/C13H7ClINO/c14-10-5-6-12(9(7-10)8-16)17-13-4-2-1-3-11(13)15/h1-7H. The molecule has 0 heterocycles. The largest absolute Gasteiger partial charge is 0.455 e. The molecule has 17 heavy (non-hydrogen) atoms. The van der Waals surface area contributed by atoms with Gasteiger partial charge in [0.2, 0.25) is 0 Å². The highest BCUT2D eigenvalue weighted by Crippen LogP contribution is 2.30. The van der Waals surface area contributed by atoms with Gasteiger partial charge in [-0.3, -0.25) is 0 Å². The van der Waals surface area contributed by atoms with Crippen LogP contribution in [0.15, 0.2) is 42.5 Å². The number of nitriles is 1. The maximum atomic E-state index is 9.00. The van der Waals surface area contributed by atoms with E-state index in [9.17, 15) is 0 Å². The Balaban J connectivity index is 2.37. The van der Waals surface area contributed by atoms with Crippen molar-refractivity contribution in [1.82, 2.24) is 0 Å². The van der Waals surface area contributed by atoms with Crippen molar-refractivity contribution in [3.8, 4) is 17.6 Å². The second-order valence-electron chi connectivity index (χ2n) is 3.28. The Morgan fingerprint density at radius 1 is 1.12 bits per heavy atom. The summed E-state index contributed by atoms with van der Waals surface area (Å²) < 4.78 is 6.69. The topological polar surface area (TPSA) is 33.0 Å². The molecule has 0 saturated heterocycles. The summed E-state index contributed by atoms with van der Waals surface area (Å²) in [6.07, 6.45) is 0. The van der Waals surface area contributed by atoms with E-state index in [4.69, 9.17) is 21.6 Å². The van der Waals surface area contributed by atoms with Gasteiger partial charge in [0.15, 0.2) is 0 Å². The van der Waals surface area contributed by atoms with Crippen molar-refractivity contribution in [1.29, 1.82) is 5.26 Å². The Hall–Kier alpha value is -1.25. The third-order valence-electron chi connectivity index (χ3n) is 2.12. The summed E-state index contributed by atoms with van der Waals surface area (Å²) in [7, 11) is 0. The molecule has 0 bridgehead atoms. The number of nitrogens with zero attached hydrogens (tertiary/aromatic N) is 1. The average molecular weight is 356 g/mol. The number of para-hydroxylation sites is 1. The smallest absolute Gasteiger partial charge is 0.145 e. The van der Waals surface area contributed by atoms with Crippen molar-refractivity contribution in [2.45, 2.75) is 0 Å². The first-order valence-corrected chi connectivity index (χ1v) is 6.28. The molecule has 0 N–H and O–H groups in total. The van der Waals surface area contributed by atoms with Gasteiger partial charge in [-0.15, -0.1) is 0 Å². The number of halogens is 2. The molecule has 0 spiro atoms. The second kappa shape index (κ2) is 5.39. The highest BCUT2D eigenvalue weighted by molar-refractivity contribution is 14.1. The van der Waals surface area contributed by atoms with Crippen LogP contribution < -0.4 is 4.74 Å². The summed E-state index contributed by atoms with van der Waals surface area (Å²) in [5.41, 5.74) is 0.428. The molecule has 0 amide bonds. The lowest BCUT2D eigenvalue weighted by Crippen LogP contribution is -1.90. The third kappa shape index (κ3) is 2.90. The molecule has 2 nitrogen and oxygen atoms in total. The minimum absolute atomic E-state index is 0.428. The average Bonchev–Trinajstić information content (AvgIpc) is 2.34. The molecule has 0 radical (unpaired) electrons. The third-order valence-corrected chi connectivity index (χ3v) is 3.24. The van der Waals surface area contributed by atoms with Gasteiger partial charge < -0.3 is 4.74 Å². The summed E-state index contributed by atoms with van der Waals surface area (Å²) in [4.78, 5) is 0. The minimum Gasteiger partial charge on any atom is -0.455 e. The van der Waals surface area contributed by atoms with E-state index in [0.29, 0.717) is 16.3 Å². The Bertz CT molecular complexity index is 592. The van der Waals surface area contributed by atoms with Gasteiger partial charge in [0.05, 0.1) is 9.13 Å². The van der Waals surface area contributed by atoms with Gasteiger partial charge in [0.25, 0.3) is 0 Å². The quantitative estimate of drug-likeness (QED) is 0.737. The monoisotopic (exact) mass is 355 g/mol. The fourth-order valence-electron chi connectivity index (χ4n) is 1.32. The number of hydrogen-bond donors (Lipinski definition) is 0. The maximum Gasteiger partial charge on any atom is 0.145 e. The zero-order chi connectivity index (χ0) is 12.3. The lowest BCUT2D eigenvalue weighted by molar-refractivity contribution is 0.478. The molecule has 0 fully saturated rings. The van der Waals surface area contributed by atoms with Crippen LogP contribution in [0.2, 0.25) is 5.02 Å². The van der Waals surface area contributed by atoms with E-state index < -0.39 is 0 Å². The predicted octanol–water partition coefficient (Wildman–Crippen LogP) is 4.61. The molecule has 2 aromatic carbocycles. The number of hydrogen-bond acceptors (Lipinski definition) is 2. The molecule has 2 rings (SSSR count). The first-order chi connectivity index (χ1) is 8.20. The van der Waals surface area contributed by atoms with Crippen molar-refractivity contribution in [3.63, 3.8) is 0 Å². The number of benzene rings is 2. The zero-order valence-electron chi connectivity index (χ0n) is 8.65. The summed E-state index contributed by atoms with van der Waals surface area (Å²) in [5.74, 6) is 1.24. The Morgan fingerprint density at radius 2 is 1.88 bits per heavy atom. The van der Waals surface area contributed by atoms with Crippen molar-refractivity contribution < 1.29 is 4.74 Å². The van der Waals surface area contributed by atoms with E-state index in [2.05, 4.69) is 28.7 Å². The Morgan fingerprint density at radius 3 is 2.59 bits per heavy atom. The van der Waals surface area contributed by atoms with Crippen molar-refractivity contribution in [2.75, 3.05) is 0 Å². The molecule has 0 unspecified atom stereocenters. The lowest BCUT2D eigenvalue weighted by Gasteiger charge is -2.08. The van der Waals surface area contributed by atoms with E-state index in [1.54, 1.807) is 18.2 Å². The summed E-state index contributed by atoms with van der Waals surface area (Å²) in [6.45, 7) is 0. The number of ether oxygens (including phenoxy) is 1. The van der Waals surface area contributed by atoms with Gasteiger partial charge in [0.1, 0.15) is 17.6 Å².